The zero-order chi connectivity index (χ0) is 35.3. The molecular weight excluding hydrogens is 657 g/mol. The average Bonchev–Trinajstić information content (AvgIpc) is 3.77. The average molecular weight is 687 g/mol. The third-order valence-corrected chi connectivity index (χ3v) is 11.4. The number of furan rings is 2. The molecule has 0 N–H and O–H groups in total. The van der Waals surface area contributed by atoms with Gasteiger partial charge in [0.1, 0.15) is 22.3 Å². The Bertz CT molecular complexity index is 3440. The van der Waals surface area contributed by atoms with E-state index >= 15 is 0 Å². The highest BCUT2D eigenvalue weighted by Crippen LogP contribution is 2.46. The number of rotatable bonds is 3. The predicted octanol–water partition coefficient (Wildman–Crippen LogP) is 15.1. The predicted molar refractivity (Wildman–Crippen MR) is 227 cm³/mol. The molecular formula is C52H30O2. The third-order valence-electron chi connectivity index (χ3n) is 11.4. The van der Waals surface area contributed by atoms with Crippen molar-refractivity contribution in [3.8, 4) is 33.4 Å². The lowest BCUT2D eigenvalue weighted by Crippen LogP contribution is -1.92. The summed E-state index contributed by atoms with van der Waals surface area (Å²) >= 11 is 0. The summed E-state index contributed by atoms with van der Waals surface area (Å²) < 4.78 is 12.7. The van der Waals surface area contributed by atoms with Crippen molar-refractivity contribution in [1.82, 2.24) is 0 Å². The molecule has 2 heteroatoms. The van der Waals surface area contributed by atoms with Gasteiger partial charge in [0, 0.05) is 21.5 Å². The van der Waals surface area contributed by atoms with E-state index in [0.29, 0.717) is 0 Å². The van der Waals surface area contributed by atoms with Crippen LogP contribution in [0.25, 0.3) is 120 Å². The molecule has 0 atom stereocenters. The summed E-state index contributed by atoms with van der Waals surface area (Å²) in [5, 5.41) is 14.3. The van der Waals surface area contributed by atoms with Gasteiger partial charge in [-0.05, 0) is 125 Å². The third kappa shape index (κ3) is 4.28. The van der Waals surface area contributed by atoms with Crippen molar-refractivity contribution < 1.29 is 8.83 Å². The van der Waals surface area contributed by atoms with E-state index in [9.17, 15) is 0 Å². The number of benzene rings is 10. The molecule has 0 aliphatic heterocycles. The minimum absolute atomic E-state index is 0.885. The maximum Gasteiger partial charge on any atom is 0.136 e. The normalized spacial score (nSPS) is 12.1. The standard InChI is InChI=1S/C52H30O2/c1-2-15-37-31(11-1)12-10-21-39(37)52-42-19-5-3-17-40(42)51(41-18-4-6-20-43(41)52)34-14-9-13-32(25-34)33-23-24-48-45(26-33)46-28-36-29-49-44(27-35(36)30-50(46)54-48)38-16-7-8-22-47(38)53-49/h1-30H. The summed E-state index contributed by atoms with van der Waals surface area (Å²) in [4.78, 5) is 0. The van der Waals surface area contributed by atoms with Crippen molar-refractivity contribution in [2.45, 2.75) is 0 Å². The van der Waals surface area contributed by atoms with Crippen LogP contribution in [0, 0.1) is 0 Å². The Balaban J connectivity index is 1.04. The van der Waals surface area contributed by atoms with Gasteiger partial charge in [-0.25, -0.2) is 0 Å². The first-order valence-corrected chi connectivity index (χ1v) is 18.5. The summed E-state index contributed by atoms with van der Waals surface area (Å²) in [6.45, 7) is 0. The van der Waals surface area contributed by atoms with Crippen molar-refractivity contribution in [1.29, 1.82) is 0 Å². The molecule has 0 radical (unpaired) electrons. The first-order chi connectivity index (χ1) is 26.7. The van der Waals surface area contributed by atoms with Crippen molar-refractivity contribution >= 4 is 87.0 Å². The van der Waals surface area contributed by atoms with Crippen molar-refractivity contribution in [2.75, 3.05) is 0 Å². The quantitative estimate of drug-likeness (QED) is 0.173. The molecule has 0 aliphatic rings. The second-order valence-electron chi connectivity index (χ2n) is 14.4. The van der Waals surface area contributed by atoms with E-state index in [4.69, 9.17) is 8.83 Å². The first kappa shape index (κ1) is 29.4. The fourth-order valence-corrected chi connectivity index (χ4v) is 8.95. The summed E-state index contributed by atoms with van der Waals surface area (Å²) in [5.74, 6) is 0. The number of fused-ring (bicyclic) bond motifs is 10. The Hall–Kier alpha value is -7.16. The smallest absolute Gasteiger partial charge is 0.136 e. The molecule has 0 amide bonds. The Morgan fingerprint density at radius 2 is 0.741 bits per heavy atom. The zero-order valence-electron chi connectivity index (χ0n) is 29.1. The summed E-state index contributed by atoms with van der Waals surface area (Å²) in [6.07, 6.45) is 0. The van der Waals surface area contributed by atoms with Gasteiger partial charge >= 0.3 is 0 Å². The second kappa shape index (κ2) is 11.2. The van der Waals surface area contributed by atoms with E-state index in [0.717, 1.165) is 60.2 Å². The maximum atomic E-state index is 6.47. The molecule has 250 valence electrons. The van der Waals surface area contributed by atoms with Gasteiger partial charge in [0.2, 0.25) is 0 Å². The van der Waals surface area contributed by atoms with Crippen molar-refractivity contribution in [3.63, 3.8) is 0 Å². The topological polar surface area (TPSA) is 26.3 Å². The Labute approximate surface area is 310 Å². The van der Waals surface area contributed by atoms with Crippen LogP contribution < -0.4 is 0 Å². The highest BCUT2D eigenvalue weighted by molar-refractivity contribution is 6.24. The molecule has 10 aromatic carbocycles. The summed E-state index contributed by atoms with van der Waals surface area (Å²) in [6, 6.07) is 65.8. The second-order valence-corrected chi connectivity index (χ2v) is 14.4. The molecule has 2 aromatic heterocycles. The lowest BCUT2D eigenvalue weighted by Gasteiger charge is -2.19. The molecule has 2 heterocycles. The number of hydrogen-bond donors (Lipinski definition) is 0. The van der Waals surface area contributed by atoms with Crippen molar-refractivity contribution in [2.24, 2.45) is 0 Å². The van der Waals surface area contributed by atoms with E-state index in [1.807, 2.05) is 12.1 Å². The first-order valence-electron chi connectivity index (χ1n) is 18.5. The van der Waals surface area contributed by atoms with Crippen LogP contribution in [0.5, 0.6) is 0 Å². The highest BCUT2D eigenvalue weighted by Gasteiger charge is 2.19. The zero-order valence-corrected chi connectivity index (χ0v) is 29.1. The molecule has 0 fully saturated rings. The molecule has 0 bridgehead atoms. The highest BCUT2D eigenvalue weighted by atomic mass is 16.3. The van der Waals surface area contributed by atoms with E-state index in [1.165, 1.54) is 60.1 Å². The van der Waals surface area contributed by atoms with Crippen molar-refractivity contribution in [3.05, 3.63) is 182 Å². The molecule has 0 unspecified atom stereocenters. The van der Waals surface area contributed by atoms with Crippen LogP contribution in [0.4, 0.5) is 0 Å². The molecule has 12 aromatic rings. The fraction of sp³-hybridized carbons (Fsp3) is 0. The molecule has 2 nitrogen and oxygen atoms in total. The van der Waals surface area contributed by atoms with Gasteiger partial charge in [-0.15, -0.1) is 0 Å². The van der Waals surface area contributed by atoms with E-state index in [-0.39, 0.29) is 0 Å². The van der Waals surface area contributed by atoms with Crippen LogP contribution in [-0.4, -0.2) is 0 Å². The van der Waals surface area contributed by atoms with Gasteiger partial charge in [-0.3, -0.25) is 0 Å². The van der Waals surface area contributed by atoms with E-state index < -0.39 is 0 Å². The Morgan fingerprint density at radius 1 is 0.241 bits per heavy atom. The van der Waals surface area contributed by atoms with Crippen LogP contribution in [0.2, 0.25) is 0 Å². The molecule has 0 saturated carbocycles. The van der Waals surface area contributed by atoms with Gasteiger partial charge in [-0.2, -0.15) is 0 Å². The lowest BCUT2D eigenvalue weighted by molar-refractivity contribution is 0.668. The van der Waals surface area contributed by atoms with Crippen LogP contribution in [0.3, 0.4) is 0 Å². The molecule has 0 spiro atoms. The summed E-state index contributed by atoms with van der Waals surface area (Å²) in [5.41, 5.74) is 10.9. The SMILES string of the molecule is c1cc(-c2ccc3oc4cc5cc6c(cc5cc4c3c2)oc2ccccc26)cc(-c2c3ccccc3c(-c3cccc4ccccc34)c3ccccc23)c1. The molecule has 0 aliphatic carbocycles. The monoisotopic (exact) mass is 686 g/mol. The number of hydrogen-bond acceptors (Lipinski definition) is 2. The molecule has 12 rings (SSSR count). The minimum Gasteiger partial charge on any atom is -0.456 e. The van der Waals surface area contributed by atoms with E-state index in [1.54, 1.807) is 0 Å². The van der Waals surface area contributed by atoms with Crippen LogP contribution in [0.15, 0.2) is 191 Å². The van der Waals surface area contributed by atoms with Crippen LogP contribution in [0.1, 0.15) is 0 Å². The maximum absolute atomic E-state index is 6.47. The lowest BCUT2D eigenvalue weighted by atomic mass is 9.84. The van der Waals surface area contributed by atoms with Gasteiger partial charge in [0.05, 0.1) is 0 Å². The Morgan fingerprint density at radius 3 is 1.46 bits per heavy atom. The van der Waals surface area contributed by atoms with Gasteiger partial charge in [0.25, 0.3) is 0 Å². The fourth-order valence-electron chi connectivity index (χ4n) is 8.95. The van der Waals surface area contributed by atoms with Crippen LogP contribution in [-0.2, 0) is 0 Å². The minimum atomic E-state index is 0.885. The van der Waals surface area contributed by atoms with E-state index in [2.05, 4.69) is 170 Å². The largest absolute Gasteiger partial charge is 0.456 e. The van der Waals surface area contributed by atoms with Gasteiger partial charge in [-0.1, -0.05) is 133 Å². The molecule has 0 saturated heterocycles. The summed E-state index contributed by atoms with van der Waals surface area (Å²) in [7, 11) is 0. The Kier molecular flexibility index (Phi) is 6.09. The molecule has 54 heavy (non-hydrogen) atoms. The van der Waals surface area contributed by atoms with Gasteiger partial charge in [0.15, 0.2) is 0 Å². The van der Waals surface area contributed by atoms with Crippen LogP contribution >= 0.6 is 0 Å². The van der Waals surface area contributed by atoms with Gasteiger partial charge < -0.3 is 8.83 Å². The number of para-hydroxylation sites is 1.